The van der Waals surface area contributed by atoms with Gasteiger partial charge in [-0.3, -0.25) is 0 Å². The van der Waals surface area contributed by atoms with Crippen LogP contribution < -0.4 is 0 Å². The fourth-order valence-corrected chi connectivity index (χ4v) is 1.85. The average Bonchev–Trinajstić information content (AvgIpc) is 2.12. The lowest BCUT2D eigenvalue weighted by molar-refractivity contribution is 0.582. The van der Waals surface area contributed by atoms with Gasteiger partial charge in [-0.25, -0.2) is 0 Å². The second-order valence-corrected chi connectivity index (χ2v) is 4.58. The molecule has 1 nitrogen and oxygen atoms in total. The minimum Gasteiger partial charge on any atom is -0.192 e. The molecular formula is C13H17N. The summed E-state index contributed by atoms with van der Waals surface area (Å²) in [5, 5.41) is 8.91. The average molecular weight is 190 g/mol. The number of aryl methyl sites for hydroxylation is 2. The fraction of sp³-hybridized carbons (Fsp3) is 0.462. The van der Waals surface area contributed by atoms with Crippen LogP contribution in [0.25, 0.3) is 0 Å². The van der Waals surface area contributed by atoms with Gasteiger partial charge in [0, 0.05) is 4.11 Å². The molecule has 0 aromatic heterocycles. The smallest absolute Gasteiger partial charge is 0.0991 e. The summed E-state index contributed by atoms with van der Waals surface area (Å²) in [5.74, 6) is 0. The van der Waals surface area contributed by atoms with Crippen molar-refractivity contribution in [2.75, 3.05) is 0 Å². The highest BCUT2D eigenvalue weighted by atomic mass is 14.3. The van der Waals surface area contributed by atoms with Crippen molar-refractivity contribution >= 4 is 0 Å². The Labute approximate surface area is 90.6 Å². The van der Waals surface area contributed by atoms with Crippen LogP contribution in [-0.2, 0) is 5.41 Å². The third-order valence-corrected chi connectivity index (χ3v) is 2.21. The van der Waals surface area contributed by atoms with E-state index < -0.39 is 6.85 Å². The van der Waals surface area contributed by atoms with Crippen LogP contribution in [0.5, 0.6) is 0 Å². The molecule has 0 heterocycles. The Bertz CT molecular complexity index is 473. The third-order valence-electron chi connectivity index (χ3n) is 2.21. The van der Waals surface area contributed by atoms with Gasteiger partial charge in [0.25, 0.3) is 0 Å². The van der Waals surface area contributed by atoms with Crippen LogP contribution in [0.4, 0.5) is 0 Å². The normalized spacial score (nSPS) is 15.2. The zero-order chi connectivity index (χ0) is 13.4. The number of nitriles is 1. The predicted molar refractivity (Wildman–Crippen MR) is 59.3 cm³/mol. The zero-order valence-electron chi connectivity index (χ0n) is 12.1. The highest BCUT2D eigenvalue weighted by Gasteiger charge is 2.18. The molecule has 14 heavy (non-hydrogen) atoms. The Balaban J connectivity index is 3.65. The van der Waals surface area contributed by atoms with Crippen LogP contribution in [0.1, 0.15) is 47.1 Å². The van der Waals surface area contributed by atoms with E-state index in [0.717, 1.165) is 11.1 Å². The lowest BCUT2D eigenvalue weighted by Gasteiger charge is -2.24. The summed E-state index contributed by atoms with van der Waals surface area (Å²) in [7, 11) is 0. The maximum absolute atomic E-state index is 8.91. The van der Waals surface area contributed by atoms with Crippen LogP contribution >= 0.6 is 0 Å². The minimum atomic E-state index is -2.18. The molecule has 1 aromatic carbocycles. The van der Waals surface area contributed by atoms with E-state index in [1.54, 1.807) is 6.07 Å². The van der Waals surface area contributed by atoms with Crippen molar-refractivity contribution in [1.82, 2.24) is 0 Å². The maximum Gasteiger partial charge on any atom is 0.0991 e. The highest BCUT2D eigenvalue weighted by Crippen LogP contribution is 2.29. The van der Waals surface area contributed by atoms with Gasteiger partial charge in [0.15, 0.2) is 0 Å². The molecule has 0 spiro atoms. The second-order valence-electron chi connectivity index (χ2n) is 4.58. The molecule has 1 aromatic rings. The second kappa shape index (κ2) is 3.46. The van der Waals surface area contributed by atoms with Crippen molar-refractivity contribution in [3.63, 3.8) is 0 Å². The summed E-state index contributed by atoms with van der Waals surface area (Å²) in [6.07, 6.45) is 0. The molecule has 1 heteroatoms. The summed E-state index contributed by atoms with van der Waals surface area (Å²) in [4.78, 5) is 0. The number of rotatable bonds is 0. The molecule has 0 bridgehead atoms. The van der Waals surface area contributed by atoms with Crippen LogP contribution in [-0.4, -0.2) is 0 Å². The molecule has 0 saturated carbocycles. The molecule has 0 atom stereocenters. The molecule has 0 aliphatic rings. The van der Waals surface area contributed by atoms with Gasteiger partial charge in [-0.05, 0) is 48.0 Å². The SMILES string of the molecule is [2H]C([2H])([2H])c1cc(C#N)cc(C)c1C(C)(C)C. The fourth-order valence-electron chi connectivity index (χ4n) is 1.85. The molecule has 0 aliphatic heterocycles. The predicted octanol–water partition coefficient (Wildman–Crippen LogP) is 3.47. The molecule has 0 N–H and O–H groups in total. The molecule has 74 valence electrons. The van der Waals surface area contributed by atoms with Crippen molar-refractivity contribution in [2.24, 2.45) is 0 Å². The first-order valence-corrected chi connectivity index (χ1v) is 4.63. The van der Waals surface area contributed by atoms with Gasteiger partial charge in [0.05, 0.1) is 11.6 Å². The maximum atomic E-state index is 8.91. The Kier molecular flexibility index (Phi) is 1.74. The zero-order valence-corrected chi connectivity index (χ0v) is 9.10. The highest BCUT2D eigenvalue weighted by molar-refractivity contribution is 5.45. The van der Waals surface area contributed by atoms with Crippen molar-refractivity contribution in [3.8, 4) is 6.07 Å². The Morgan fingerprint density at radius 1 is 1.29 bits per heavy atom. The van der Waals surface area contributed by atoms with Crippen molar-refractivity contribution in [3.05, 3.63) is 34.4 Å². The molecule has 0 saturated heterocycles. The minimum absolute atomic E-state index is 0.248. The van der Waals surface area contributed by atoms with Crippen LogP contribution in [0.15, 0.2) is 12.1 Å². The largest absolute Gasteiger partial charge is 0.192 e. The van der Waals surface area contributed by atoms with E-state index in [-0.39, 0.29) is 5.41 Å². The van der Waals surface area contributed by atoms with E-state index >= 15 is 0 Å². The van der Waals surface area contributed by atoms with E-state index in [2.05, 4.69) is 0 Å². The lowest BCUT2D eigenvalue weighted by Crippen LogP contribution is -2.15. The van der Waals surface area contributed by atoms with Crippen molar-refractivity contribution in [1.29, 1.82) is 5.26 Å². The quantitative estimate of drug-likeness (QED) is 0.614. The molecule has 0 radical (unpaired) electrons. The molecular weight excluding hydrogens is 170 g/mol. The number of hydrogen-bond donors (Lipinski definition) is 0. The van der Waals surface area contributed by atoms with E-state index in [4.69, 9.17) is 9.37 Å². The first kappa shape index (κ1) is 7.06. The summed E-state index contributed by atoms with van der Waals surface area (Å²) in [6, 6.07) is 5.24. The molecule has 1 rings (SSSR count). The van der Waals surface area contributed by atoms with Gasteiger partial charge in [0.1, 0.15) is 0 Å². The van der Waals surface area contributed by atoms with Gasteiger partial charge in [-0.2, -0.15) is 5.26 Å². The standard InChI is InChI=1S/C13H17N/c1-9-6-11(8-14)7-10(2)12(9)13(3,4)5/h6-7H,1-5H3/i1D3. The van der Waals surface area contributed by atoms with Gasteiger partial charge < -0.3 is 0 Å². The molecule has 0 amide bonds. The monoisotopic (exact) mass is 190 g/mol. The summed E-state index contributed by atoms with van der Waals surface area (Å²) >= 11 is 0. The van der Waals surface area contributed by atoms with Crippen LogP contribution in [0.3, 0.4) is 0 Å². The van der Waals surface area contributed by atoms with Gasteiger partial charge in [-0.1, -0.05) is 20.8 Å². The van der Waals surface area contributed by atoms with Crippen LogP contribution in [0, 0.1) is 25.1 Å². The first-order valence-electron chi connectivity index (χ1n) is 6.13. The van der Waals surface area contributed by atoms with Crippen molar-refractivity contribution < 1.29 is 4.11 Å². The topological polar surface area (TPSA) is 23.8 Å². The lowest BCUT2D eigenvalue weighted by atomic mass is 9.80. The number of benzene rings is 1. The Morgan fingerprint density at radius 2 is 1.86 bits per heavy atom. The van der Waals surface area contributed by atoms with Gasteiger partial charge in [0.2, 0.25) is 0 Å². The molecule has 0 fully saturated rings. The summed E-state index contributed by atoms with van der Waals surface area (Å²) in [6.45, 7) is 5.63. The summed E-state index contributed by atoms with van der Waals surface area (Å²) < 4.78 is 22.8. The number of nitrogens with zero attached hydrogens (tertiary/aromatic N) is 1. The van der Waals surface area contributed by atoms with Gasteiger partial charge >= 0.3 is 0 Å². The van der Waals surface area contributed by atoms with E-state index in [1.807, 2.05) is 33.8 Å². The van der Waals surface area contributed by atoms with E-state index in [1.165, 1.54) is 6.07 Å². The Morgan fingerprint density at radius 3 is 2.29 bits per heavy atom. The van der Waals surface area contributed by atoms with E-state index in [9.17, 15) is 0 Å². The van der Waals surface area contributed by atoms with Crippen LogP contribution in [0.2, 0.25) is 0 Å². The third kappa shape index (κ3) is 1.96. The summed E-state index contributed by atoms with van der Waals surface area (Å²) in [5.41, 5.74) is 2.13. The number of hydrogen-bond acceptors (Lipinski definition) is 1. The first-order chi connectivity index (χ1) is 7.57. The van der Waals surface area contributed by atoms with Crippen molar-refractivity contribution in [2.45, 2.75) is 40.0 Å². The molecule has 0 unspecified atom stereocenters. The Hall–Kier alpha value is -1.29. The molecule has 0 aliphatic carbocycles. The van der Waals surface area contributed by atoms with E-state index in [0.29, 0.717) is 11.1 Å². The van der Waals surface area contributed by atoms with Gasteiger partial charge in [-0.15, -0.1) is 0 Å².